The first-order valence-electron chi connectivity index (χ1n) is 8.26. The molecule has 0 aliphatic carbocycles. The van der Waals surface area contributed by atoms with E-state index in [1.807, 2.05) is 25.1 Å². The zero-order valence-electron chi connectivity index (χ0n) is 14.8. The molecular formula is C20H18BrNO5. The van der Waals surface area contributed by atoms with Crippen LogP contribution in [0, 0.1) is 0 Å². The first kappa shape index (κ1) is 19.0. The fourth-order valence-electron chi connectivity index (χ4n) is 2.60. The first-order valence-corrected chi connectivity index (χ1v) is 9.05. The molecule has 6 nitrogen and oxygen atoms in total. The van der Waals surface area contributed by atoms with Gasteiger partial charge in [0.1, 0.15) is 17.1 Å². The summed E-state index contributed by atoms with van der Waals surface area (Å²) < 4.78 is 16.6. The quantitative estimate of drug-likeness (QED) is 0.600. The molecule has 0 aliphatic heterocycles. The Morgan fingerprint density at radius 3 is 2.70 bits per heavy atom. The Bertz CT molecular complexity index is 1030. The number of ether oxygens (including phenoxy) is 2. The smallest absolute Gasteiger partial charge is 0.336 e. The van der Waals surface area contributed by atoms with Gasteiger partial charge in [0, 0.05) is 17.5 Å². The average Bonchev–Trinajstić information content (AvgIpc) is 2.65. The number of rotatable bonds is 6. The summed E-state index contributed by atoms with van der Waals surface area (Å²) in [5.41, 5.74) is 0.914. The Morgan fingerprint density at radius 2 is 1.96 bits per heavy atom. The molecule has 0 saturated heterocycles. The van der Waals surface area contributed by atoms with Crippen LogP contribution in [0.1, 0.15) is 18.5 Å². The largest absolute Gasteiger partial charge is 0.496 e. The van der Waals surface area contributed by atoms with Crippen molar-refractivity contribution in [3.05, 3.63) is 69.0 Å². The van der Waals surface area contributed by atoms with Crippen LogP contribution in [0.5, 0.6) is 11.5 Å². The monoisotopic (exact) mass is 431 g/mol. The SMILES string of the molecule is COc1ccc(C(C)NC(=O)COc2ccc3ccc(=O)oc3c2)cc1Br. The summed E-state index contributed by atoms with van der Waals surface area (Å²) in [7, 11) is 1.60. The molecular weight excluding hydrogens is 414 g/mol. The third-order valence-electron chi connectivity index (χ3n) is 4.02. The lowest BCUT2D eigenvalue weighted by Gasteiger charge is -2.16. The summed E-state index contributed by atoms with van der Waals surface area (Å²) >= 11 is 3.43. The number of carbonyl (C=O) groups is 1. The van der Waals surface area contributed by atoms with E-state index in [1.54, 1.807) is 31.4 Å². The van der Waals surface area contributed by atoms with Crippen LogP contribution >= 0.6 is 15.9 Å². The van der Waals surface area contributed by atoms with Crippen molar-refractivity contribution in [2.45, 2.75) is 13.0 Å². The maximum Gasteiger partial charge on any atom is 0.336 e. The Balaban J connectivity index is 1.60. The normalized spacial score (nSPS) is 11.8. The Hall–Kier alpha value is -2.80. The second-order valence-corrected chi connectivity index (χ2v) is 6.78. The summed E-state index contributed by atoms with van der Waals surface area (Å²) in [5.74, 6) is 0.916. The van der Waals surface area contributed by atoms with Gasteiger partial charge in [0.05, 0.1) is 17.6 Å². The van der Waals surface area contributed by atoms with Crippen molar-refractivity contribution in [2.75, 3.05) is 13.7 Å². The van der Waals surface area contributed by atoms with E-state index >= 15 is 0 Å². The Morgan fingerprint density at radius 1 is 1.19 bits per heavy atom. The molecule has 1 unspecified atom stereocenters. The van der Waals surface area contributed by atoms with E-state index in [-0.39, 0.29) is 18.6 Å². The van der Waals surface area contributed by atoms with Gasteiger partial charge in [0.15, 0.2) is 6.61 Å². The summed E-state index contributed by atoms with van der Waals surface area (Å²) in [6.07, 6.45) is 0. The highest BCUT2D eigenvalue weighted by Gasteiger charge is 2.12. The summed E-state index contributed by atoms with van der Waals surface area (Å²) in [5, 5.41) is 3.66. The minimum atomic E-state index is -0.433. The summed E-state index contributed by atoms with van der Waals surface area (Å²) in [6.45, 7) is 1.74. The molecule has 7 heteroatoms. The van der Waals surface area contributed by atoms with Crippen molar-refractivity contribution < 1.29 is 18.7 Å². The number of carbonyl (C=O) groups excluding carboxylic acids is 1. The van der Waals surface area contributed by atoms with E-state index in [9.17, 15) is 9.59 Å². The number of benzene rings is 2. The van der Waals surface area contributed by atoms with Gasteiger partial charge in [-0.05, 0) is 58.7 Å². The lowest BCUT2D eigenvalue weighted by Crippen LogP contribution is -2.31. The van der Waals surface area contributed by atoms with Crippen LogP contribution in [0.2, 0.25) is 0 Å². The fourth-order valence-corrected chi connectivity index (χ4v) is 3.16. The lowest BCUT2D eigenvalue weighted by atomic mass is 10.1. The molecule has 1 atom stereocenters. The van der Waals surface area contributed by atoms with Gasteiger partial charge in [-0.3, -0.25) is 4.79 Å². The molecule has 1 amide bonds. The second-order valence-electron chi connectivity index (χ2n) is 5.93. The molecule has 0 saturated carbocycles. The number of fused-ring (bicyclic) bond motifs is 1. The number of hydrogen-bond donors (Lipinski definition) is 1. The van der Waals surface area contributed by atoms with Gasteiger partial charge >= 0.3 is 5.63 Å². The average molecular weight is 432 g/mol. The van der Waals surface area contributed by atoms with Crippen molar-refractivity contribution in [3.8, 4) is 11.5 Å². The third kappa shape index (κ3) is 4.68. The molecule has 140 valence electrons. The fraction of sp³-hybridized carbons (Fsp3) is 0.200. The van der Waals surface area contributed by atoms with Crippen LogP contribution < -0.4 is 20.4 Å². The first-order chi connectivity index (χ1) is 13.0. The van der Waals surface area contributed by atoms with E-state index in [2.05, 4.69) is 21.2 Å². The van der Waals surface area contributed by atoms with Crippen molar-refractivity contribution in [2.24, 2.45) is 0 Å². The highest BCUT2D eigenvalue weighted by Crippen LogP contribution is 2.28. The highest BCUT2D eigenvalue weighted by molar-refractivity contribution is 9.10. The molecule has 3 rings (SSSR count). The Kier molecular flexibility index (Phi) is 5.81. The molecule has 0 bridgehead atoms. The molecule has 1 N–H and O–H groups in total. The predicted octanol–water partition coefficient (Wildman–Crippen LogP) is 3.82. The summed E-state index contributed by atoms with van der Waals surface area (Å²) in [4.78, 5) is 23.5. The predicted molar refractivity (Wildman–Crippen MR) is 105 cm³/mol. The van der Waals surface area contributed by atoms with Gasteiger partial charge < -0.3 is 19.2 Å². The number of nitrogens with one attached hydrogen (secondary N) is 1. The van der Waals surface area contributed by atoms with Crippen LogP contribution in [0.3, 0.4) is 0 Å². The zero-order chi connectivity index (χ0) is 19.4. The molecule has 1 heterocycles. The van der Waals surface area contributed by atoms with Gasteiger partial charge in [-0.2, -0.15) is 0 Å². The molecule has 2 aromatic carbocycles. The number of amides is 1. The minimum absolute atomic E-state index is 0.149. The molecule has 0 radical (unpaired) electrons. The van der Waals surface area contributed by atoms with Gasteiger partial charge in [-0.15, -0.1) is 0 Å². The van der Waals surface area contributed by atoms with E-state index in [4.69, 9.17) is 13.9 Å². The van der Waals surface area contributed by atoms with Crippen molar-refractivity contribution >= 4 is 32.8 Å². The highest BCUT2D eigenvalue weighted by atomic mass is 79.9. The number of hydrogen-bond acceptors (Lipinski definition) is 5. The van der Waals surface area contributed by atoms with Gasteiger partial charge in [0.25, 0.3) is 5.91 Å². The zero-order valence-corrected chi connectivity index (χ0v) is 16.4. The van der Waals surface area contributed by atoms with E-state index in [0.29, 0.717) is 11.3 Å². The van der Waals surface area contributed by atoms with Crippen molar-refractivity contribution in [1.82, 2.24) is 5.32 Å². The maximum absolute atomic E-state index is 12.2. The van der Waals surface area contributed by atoms with Crippen LogP contribution in [0.15, 0.2) is 62.2 Å². The maximum atomic E-state index is 12.2. The minimum Gasteiger partial charge on any atom is -0.496 e. The Labute approximate surface area is 164 Å². The lowest BCUT2D eigenvalue weighted by molar-refractivity contribution is -0.123. The third-order valence-corrected chi connectivity index (χ3v) is 4.64. The van der Waals surface area contributed by atoms with Crippen LogP contribution in [-0.4, -0.2) is 19.6 Å². The summed E-state index contributed by atoms with van der Waals surface area (Å²) in [6, 6.07) is 13.5. The number of methoxy groups -OCH3 is 1. The van der Waals surface area contributed by atoms with Gasteiger partial charge in [0.2, 0.25) is 0 Å². The van der Waals surface area contributed by atoms with Crippen molar-refractivity contribution in [3.63, 3.8) is 0 Å². The van der Waals surface area contributed by atoms with Gasteiger partial charge in [-0.25, -0.2) is 4.79 Å². The van der Waals surface area contributed by atoms with E-state index in [1.165, 1.54) is 6.07 Å². The molecule has 3 aromatic rings. The van der Waals surface area contributed by atoms with Crippen LogP contribution in [0.25, 0.3) is 11.0 Å². The van der Waals surface area contributed by atoms with Crippen LogP contribution in [-0.2, 0) is 4.79 Å². The standard InChI is InChI=1S/C20H18BrNO5/c1-12(14-4-7-17(25-2)16(21)9-14)22-19(23)11-26-15-6-3-13-5-8-20(24)27-18(13)10-15/h3-10,12H,11H2,1-2H3,(H,22,23). The molecule has 27 heavy (non-hydrogen) atoms. The van der Waals surface area contributed by atoms with Crippen molar-refractivity contribution in [1.29, 1.82) is 0 Å². The van der Waals surface area contributed by atoms with Crippen LogP contribution in [0.4, 0.5) is 0 Å². The molecule has 1 aromatic heterocycles. The van der Waals surface area contributed by atoms with Gasteiger partial charge in [-0.1, -0.05) is 6.07 Å². The second kappa shape index (κ2) is 8.26. The molecule has 0 aliphatic rings. The molecule has 0 spiro atoms. The van der Waals surface area contributed by atoms with E-state index < -0.39 is 5.63 Å². The topological polar surface area (TPSA) is 77.8 Å². The van der Waals surface area contributed by atoms with E-state index in [0.717, 1.165) is 21.2 Å². The molecule has 0 fully saturated rings. The number of halogens is 1.